The molecule has 0 aliphatic heterocycles. The van der Waals surface area contributed by atoms with E-state index in [1.165, 1.54) is 14.2 Å². The van der Waals surface area contributed by atoms with Crippen LogP contribution in [0.3, 0.4) is 0 Å². The number of methoxy groups -OCH3 is 2. The first-order valence-corrected chi connectivity index (χ1v) is 37.9. The number of hydrogen-bond acceptors (Lipinski definition) is 32. The Bertz CT molecular complexity index is 5470. The van der Waals surface area contributed by atoms with Crippen molar-refractivity contribution in [3.8, 4) is 57.2 Å². The number of aromatic nitrogens is 16. The van der Waals surface area contributed by atoms with Crippen molar-refractivity contribution >= 4 is 86.3 Å². The molecule has 0 spiro atoms. The summed E-state index contributed by atoms with van der Waals surface area (Å²) < 4.78 is 47.4. The number of hydrogen-bond donors (Lipinski definition) is 12. The van der Waals surface area contributed by atoms with Crippen molar-refractivity contribution in [3.05, 3.63) is 221 Å². The number of carboxylic acids is 1. The molecule has 0 saturated carbocycles. The predicted octanol–water partition coefficient (Wildman–Crippen LogP) is 6.53. The second kappa shape index (κ2) is 51.5. The fraction of sp³-hybridized carbons (Fsp3) is 0.266. The average Bonchev–Trinajstić information content (AvgIpc) is 1.71. The SMILES string of the molecule is CC[C@@H](C#N)CC(=O)c1ccc(-c2nc(Nc3cnn(CCO)c3)ncc2C)cc1.CC[C@H](N)C#N.COC(=O)c1ccc(-c2nc(Cl)ncc2C)cc1.COC(=O)c1ccc(-c2nc(Nc3cnn(CCO)c3)ncc2C)cc1.Cc1cnc(Nc2cnn(CCO)c2)nc1-c1ccc(C(=O)O)cc1.Nc1cnn(CCO)c1.O=S(=O)(O)O.[Na+].[OH-]. The first-order chi connectivity index (χ1) is 56.9. The number of aryl methyl sites for hydroxylation is 4. The van der Waals surface area contributed by atoms with Gasteiger partial charge in [-0.3, -0.25) is 32.6 Å². The maximum absolute atomic E-state index is 12.4. The van der Waals surface area contributed by atoms with E-state index >= 15 is 0 Å². The van der Waals surface area contributed by atoms with Crippen LogP contribution in [0.25, 0.3) is 45.0 Å². The minimum absolute atomic E-state index is 0. The molecule has 15 N–H and O–H groups in total. The zero-order valence-corrected chi connectivity index (χ0v) is 71.0. The molecule has 42 heteroatoms. The van der Waals surface area contributed by atoms with Gasteiger partial charge < -0.3 is 67.9 Å². The van der Waals surface area contributed by atoms with Gasteiger partial charge in [-0.05, 0) is 111 Å². The number of aromatic carboxylic acids is 1. The molecule has 0 unspecified atom stereocenters. The summed E-state index contributed by atoms with van der Waals surface area (Å²) in [5.41, 5.74) is 25.1. The molecule has 0 aliphatic carbocycles. The molecule has 8 heterocycles. The predicted molar refractivity (Wildman–Crippen MR) is 443 cm³/mol. The van der Waals surface area contributed by atoms with Gasteiger partial charge in [0.2, 0.25) is 23.1 Å². The second-order valence-electron chi connectivity index (χ2n) is 25.2. The number of nitrogens with one attached hydrogen (secondary N) is 3. The number of ether oxygens (including phenoxy) is 2. The Kier molecular flexibility index (Phi) is 42.8. The summed E-state index contributed by atoms with van der Waals surface area (Å²) in [5, 5.41) is 87.0. The Hall–Kier alpha value is -12.8. The molecule has 0 radical (unpaired) electrons. The van der Waals surface area contributed by atoms with Crippen molar-refractivity contribution in [1.29, 1.82) is 10.5 Å². The number of aliphatic hydroxyl groups is 4. The number of nitriles is 2. The molecule has 2 atom stereocenters. The zero-order chi connectivity index (χ0) is 87.1. The maximum atomic E-state index is 12.4. The van der Waals surface area contributed by atoms with E-state index in [0.29, 0.717) is 78.5 Å². The van der Waals surface area contributed by atoms with E-state index < -0.39 is 16.4 Å². The maximum Gasteiger partial charge on any atom is 1.00 e. The quantitative estimate of drug-likeness (QED) is 0.00900. The third kappa shape index (κ3) is 33.9. The largest absolute Gasteiger partial charge is 1.00 e. The van der Waals surface area contributed by atoms with Crippen molar-refractivity contribution in [2.45, 2.75) is 93.0 Å². The van der Waals surface area contributed by atoms with Gasteiger partial charge in [-0.15, -0.1) is 0 Å². The van der Waals surface area contributed by atoms with E-state index in [1.54, 1.807) is 166 Å². The van der Waals surface area contributed by atoms with Crippen molar-refractivity contribution in [1.82, 2.24) is 79.0 Å². The molecular formula is C79H91ClN23NaO16S. The minimum Gasteiger partial charge on any atom is -0.870 e. The van der Waals surface area contributed by atoms with Crippen molar-refractivity contribution in [2.75, 3.05) is 62.3 Å². The summed E-state index contributed by atoms with van der Waals surface area (Å²) in [7, 11) is -1.96. The fourth-order valence-electron chi connectivity index (χ4n) is 10.1. The Morgan fingerprint density at radius 3 is 1.07 bits per heavy atom. The first kappa shape index (κ1) is 101. The number of aliphatic hydroxyl groups excluding tert-OH is 4. The van der Waals surface area contributed by atoms with Crippen LogP contribution in [0, 0.1) is 56.3 Å². The van der Waals surface area contributed by atoms with E-state index in [9.17, 15) is 19.2 Å². The van der Waals surface area contributed by atoms with Crippen LogP contribution >= 0.6 is 11.6 Å². The molecule has 121 heavy (non-hydrogen) atoms. The van der Waals surface area contributed by atoms with Gasteiger partial charge in [-0.2, -0.15) is 39.3 Å². The molecule has 12 rings (SSSR count). The third-order valence-corrected chi connectivity index (χ3v) is 16.4. The third-order valence-electron chi connectivity index (χ3n) is 16.3. The van der Waals surface area contributed by atoms with Crippen molar-refractivity contribution in [2.24, 2.45) is 11.7 Å². The van der Waals surface area contributed by atoms with Crippen LogP contribution < -0.4 is 57.0 Å². The smallest absolute Gasteiger partial charge is 0.870 e. The molecule has 12 aromatic rings. The summed E-state index contributed by atoms with van der Waals surface area (Å²) in [5.74, 6) is -0.713. The number of esters is 2. The number of ketones is 1. The molecule has 39 nitrogen and oxygen atoms in total. The van der Waals surface area contributed by atoms with Gasteiger partial charge in [0.1, 0.15) is 0 Å². The summed E-state index contributed by atoms with van der Waals surface area (Å²) in [6.45, 7) is 13.3. The molecule has 0 amide bonds. The van der Waals surface area contributed by atoms with Crippen LogP contribution in [0.1, 0.15) is 96.8 Å². The molecular weight excluding hydrogens is 1620 g/mol. The Morgan fingerprint density at radius 2 is 0.793 bits per heavy atom. The molecule has 8 aromatic heterocycles. The fourth-order valence-corrected chi connectivity index (χ4v) is 10.2. The van der Waals surface area contributed by atoms with Crippen LogP contribution in [-0.2, 0) is 46.1 Å². The van der Waals surface area contributed by atoms with Gasteiger partial charge in [0.05, 0.1) is 178 Å². The number of nitrogen functional groups attached to an aromatic ring is 1. The van der Waals surface area contributed by atoms with E-state index in [0.717, 1.165) is 85.1 Å². The number of nitrogens with zero attached hydrogens (tertiary/aromatic N) is 18. The van der Waals surface area contributed by atoms with Crippen molar-refractivity contribution < 1.29 is 107 Å². The summed E-state index contributed by atoms with van der Waals surface area (Å²) in [6.07, 6.45) is 21.9. The van der Waals surface area contributed by atoms with Gasteiger partial charge in [-0.1, -0.05) is 74.5 Å². The van der Waals surface area contributed by atoms with Crippen molar-refractivity contribution in [3.63, 3.8) is 0 Å². The van der Waals surface area contributed by atoms with Crippen LogP contribution in [0.15, 0.2) is 171 Å². The summed E-state index contributed by atoms with van der Waals surface area (Å²) in [4.78, 5) is 80.8. The topological polar surface area (TPSA) is 603 Å². The normalized spacial score (nSPS) is 10.7. The Labute approximate surface area is 723 Å². The number of carboxylic acid groups (broad SMARTS) is 1. The van der Waals surface area contributed by atoms with Gasteiger partial charge in [0, 0.05) is 83.8 Å². The average molecular weight is 1710 g/mol. The number of carbonyl (C=O) groups is 4. The second-order valence-corrected chi connectivity index (χ2v) is 26.4. The Morgan fingerprint density at radius 1 is 0.488 bits per heavy atom. The minimum atomic E-state index is -4.67. The number of nitrogens with two attached hydrogens (primary N) is 2. The van der Waals surface area contributed by atoms with Crippen LogP contribution in [0.2, 0.25) is 5.28 Å². The summed E-state index contributed by atoms with van der Waals surface area (Å²) in [6, 6.07) is 31.7. The van der Waals surface area contributed by atoms with Gasteiger partial charge >= 0.3 is 57.9 Å². The van der Waals surface area contributed by atoms with Crippen LogP contribution in [-0.4, -0.2) is 198 Å². The molecule has 632 valence electrons. The zero-order valence-electron chi connectivity index (χ0n) is 67.4. The number of anilines is 7. The number of carbonyl (C=O) groups excluding carboxylic acids is 3. The van der Waals surface area contributed by atoms with E-state index in [-0.39, 0.29) is 108 Å². The molecule has 0 aliphatic rings. The Balaban J connectivity index is 0.000000315. The van der Waals surface area contributed by atoms with Gasteiger partial charge in [-0.25, -0.2) is 54.3 Å². The standard InChI is InChI=1S/C22H24N6O2.C18H19N5O3.C17H17N5O3.C13H11ClN2O2.C5H9N3O.C4H8N2.Na.H2O4S.H2O/c1-3-16(11-23)10-20(30)17-4-6-18(7-5-17)21-15(2)12-24-22(27-21)26-19-13-25-28(14-19)8-9-29;1-12-9-19-18(21-15-10-20-23(11-15)7-8-24)22-16(12)13-3-5-14(6-4-13)17(25)26-2;1-11-8-18-17(20-14-9-19-22(10-14)6-7-23)21-15(11)12-2-4-13(5-3-12)16(24)25;1-8-7-15-13(14)16-11(8)9-3-5-10(6-4-9)12(17)18-2;6-5-3-7-8(4-5)1-2-9;1-2-4(6)3-5;;1-5(2,3)4;/h4-7,12-14,16,29H,3,8-10H2,1-2H3,(H,24,26,27);3-6,9-11,24H,7-8H2,1-2H3,(H,19,21,22);2-5,8-10,23H,6-7H2,1H3,(H,24,25)(H,18,20,21);3-7H,1-2H3;3-4,9H,1-2,6H2;4H,2,6H2,1H3;;(H2,1,2,3,4);1H2/q;;;;;;+1;;/p-1/t16-;;;;;4-;;;/m1....0.../s1. The molecule has 0 saturated heterocycles. The number of halogens is 1. The number of benzene rings is 4. The molecule has 4 aromatic carbocycles. The summed E-state index contributed by atoms with van der Waals surface area (Å²) >= 11 is 5.77. The van der Waals surface area contributed by atoms with Crippen LogP contribution in [0.5, 0.6) is 0 Å². The number of rotatable bonds is 26. The van der Waals surface area contributed by atoms with Crippen LogP contribution in [0.4, 0.5) is 40.6 Å². The van der Waals surface area contributed by atoms with Gasteiger partial charge in [0.15, 0.2) is 5.78 Å². The van der Waals surface area contributed by atoms with E-state index in [4.69, 9.17) is 81.4 Å². The van der Waals surface area contributed by atoms with Gasteiger partial charge in [0.25, 0.3) is 0 Å². The molecule has 0 fully saturated rings. The van der Waals surface area contributed by atoms with E-state index in [1.807, 2.05) is 71.9 Å². The van der Waals surface area contributed by atoms with E-state index in [2.05, 4.69) is 87.0 Å². The monoisotopic (exact) mass is 1710 g/mol. The first-order valence-electron chi connectivity index (χ1n) is 36.2. The number of Topliss-reactive ketones (excluding diaryl/α,β-unsaturated/α-hetero) is 1. The molecule has 0 bridgehead atoms.